The molecule has 106 valence electrons. The summed E-state index contributed by atoms with van der Waals surface area (Å²) in [6.45, 7) is 4.28. The Kier molecular flexibility index (Phi) is 3.57. The third-order valence-corrected chi connectivity index (χ3v) is 4.16. The molecule has 1 aromatic heterocycles. The van der Waals surface area contributed by atoms with E-state index in [1.165, 1.54) is 11.1 Å². The lowest BCUT2D eigenvalue weighted by Crippen LogP contribution is -2.24. The van der Waals surface area contributed by atoms with Gasteiger partial charge in [0.15, 0.2) is 5.82 Å². The van der Waals surface area contributed by atoms with Gasteiger partial charge in [0.1, 0.15) is 0 Å². The van der Waals surface area contributed by atoms with Crippen LogP contribution in [0.25, 0.3) is 0 Å². The molecule has 3 unspecified atom stereocenters. The minimum atomic E-state index is 0.367. The molecule has 1 saturated carbocycles. The molecule has 4 heteroatoms. The first-order valence-corrected chi connectivity index (χ1v) is 7.24. The van der Waals surface area contributed by atoms with Crippen LogP contribution in [-0.4, -0.2) is 23.2 Å². The topological polar surface area (TPSA) is 51.0 Å². The highest BCUT2D eigenvalue weighted by Crippen LogP contribution is 2.54. The molecule has 0 aliphatic heterocycles. The van der Waals surface area contributed by atoms with Gasteiger partial charge >= 0.3 is 0 Å². The molecule has 1 aromatic carbocycles. The number of hydrogen-bond acceptors (Lipinski definition) is 4. The summed E-state index contributed by atoms with van der Waals surface area (Å²) in [7, 11) is 1.95. The van der Waals surface area contributed by atoms with Crippen molar-refractivity contribution in [2.75, 3.05) is 7.05 Å². The molecule has 3 rings (SSSR count). The van der Waals surface area contributed by atoms with Crippen molar-refractivity contribution in [1.29, 1.82) is 0 Å². The highest BCUT2D eigenvalue weighted by molar-refractivity contribution is 5.36. The fourth-order valence-corrected chi connectivity index (χ4v) is 2.69. The quantitative estimate of drug-likeness (QED) is 0.908. The molecule has 0 radical (unpaired) electrons. The van der Waals surface area contributed by atoms with Gasteiger partial charge in [-0.3, -0.25) is 0 Å². The van der Waals surface area contributed by atoms with E-state index in [-0.39, 0.29) is 0 Å². The van der Waals surface area contributed by atoms with Crippen LogP contribution in [0.3, 0.4) is 0 Å². The summed E-state index contributed by atoms with van der Waals surface area (Å²) in [5.41, 5.74) is 2.77. The Balaban J connectivity index is 1.69. The van der Waals surface area contributed by atoms with Gasteiger partial charge in [0.05, 0.1) is 0 Å². The van der Waals surface area contributed by atoms with Crippen LogP contribution in [0.2, 0.25) is 0 Å². The van der Waals surface area contributed by atoms with E-state index in [1.807, 2.05) is 7.05 Å². The fourth-order valence-electron chi connectivity index (χ4n) is 2.69. The highest BCUT2D eigenvalue weighted by atomic mass is 16.5. The SMILES string of the molecule is CNC(C)Cc1noc(C2CC2c2ccccc2C)n1. The van der Waals surface area contributed by atoms with Crippen LogP contribution in [0.15, 0.2) is 28.8 Å². The van der Waals surface area contributed by atoms with E-state index < -0.39 is 0 Å². The van der Waals surface area contributed by atoms with Crippen LogP contribution < -0.4 is 5.32 Å². The van der Waals surface area contributed by atoms with E-state index in [1.54, 1.807) is 0 Å². The zero-order valence-corrected chi connectivity index (χ0v) is 12.3. The van der Waals surface area contributed by atoms with Crippen LogP contribution in [0.4, 0.5) is 0 Å². The summed E-state index contributed by atoms with van der Waals surface area (Å²) in [6, 6.07) is 8.93. The second-order valence-electron chi connectivity index (χ2n) is 5.75. The summed E-state index contributed by atoms with van der Waals surface area (Å²) < 4.78 is 5.44. The van der Waals surface area contributed by atoms with Crippen molar-refractivity contribution in [2.45, 2.75) is 44.6 Å². The zero-order chi connectivity index (χ0) is 14.1. The van der Waals surface area contributed by atoms with E-state index in [4.69, 9.17) is 4.52 Å². The van der Waals surface area contributed by atoms with E-state index >= 15 is 0 Å². The van der Waals surface area contributed by atoms with E-state index in [2.05, 4.69) is 53.6 Å². The molecule has 0 bridgehead atoms. The third kappa shape index (κ3) is 2.61. The molecule has 1 aliphatic rings. The lowest BCUT2D eigenvalue weighted by Gasteiger charge is -2.04. The van der Waals surface area contributed by atoms with E-state index in [0.29, 0.717) is 17.9 Å². The number of aryl methyl sites for hydroxylation is 1. The van der Waals surface area contributed by atoms with Gasteiger partial charge in [-0.05, 0) is 44.4 Å². The first kappa shape index (κ1) is 13.3. The lowest BCUT2D eigenvalue weighted by molar-refractivity contribution is 0.371. The molecular weight excluding hydrogens is 250 g/mol. The van der Waals surface area contributed by atoms with Crippen molar-refractivity contribution in [3.8, 4) is 0 Å². The van der Waals surface area contributed by atoms with Crippen molar-refractivity contribution in [1.82, 2.24) is 15.5 Å². The van der Waals surface area contributed by atoms with Crippen molar-refractivity contribution in [3.05, 3.63) is 47.1 Å². The normalized spacial score (nSPS) is 22.8. The average molecular weight is 271 g/mol. The van der Waals surface area contributed by atoms with Crippen molar-refractivity contribution < 1.29 is 4.52 Å². The number of rotatable bonds is 5. The summed E-state index contributed by atoms with van der Waals surface area (Å²) in [5.74, 6) is 2.56. The number of nitrogens with one attached hydrogen (secondary N) is 1. The zero-order valence-electron chi connectivity index (χ0n) is 12.3. The standard InChI is InChI=1S/C16H21N3O/c1-10-6-4-5-7-12(10)13-9-14(13)16-18-15(19-20-16)8-11(2)17-3/h4-7,11,13-14,17H,8-9H2,1-3H3. The van der Waals surface area contributed by atoms with Gasteiger partial charge in [0, 0.05) is 18.4 Å². The molecule has 1 heterocycles. The van der Waals surface area contributed by atoms with E-state index in [0.717, 1.165) is 24.6 Å². The third-order valence-electron chi connectivity index (χ3n) is 4.16. The number of nitrogens with zero attached hydrogens (tertiary/aromatic N) is 2. The molecular formula is C16H21N3O. The first-order valence-electron chi connectivity index (χ1n) is 7.24. The smallest absolute Gasteiger partial charge is 0.230 e. The Labute approximate surface area is 119 Å². The summed E-state index contributed by atoms with van der Waals surface area (Å²) in [6.07, 6.45) is 1.93. The molecule has 0 spiro atoms. The van der Waals surface area contributed by atoms with Gasteiger partial charge in [0.25, 0.3) is 0 Å². The molecule has 1 N–H and O–H groups in total. The highest BCUT2D eigenvalue weighted by Gasteiger charge is 2.44. The Morgan fingerprint density at radius 1 is 1.35 bits per heavy atom. The summed E-state index contributed by atoms with van der Waals surface area (Å²) in [5, 5.41) is 7.28. The van der Waals surface area contributed by atoms with Crippen LogP contribution in [-0.2, 0) is 6.42 Å². The van der Waals surface area contributed by atoms with Crippen LogP contribution in [0.1, 0.15) is 48.0 Å². The Morgan fingerprint density at radius 3 is 2.90 bits per heavy atom. The second kappa shape index (κ2) is 5.37. The number of aromatic nitrogens is 2. The second-order valence-corrected chi connectivity index (χ2v) is 5.75. The van der Waals surface area contributed by atoms with Crippen LogP contribution >= 0.6 is 0 Å². The van der Waals surface area contributed by atoms with Gasteiger partial charge in [-0.1, -0.05) is 29.4 Å². The molecule has 0 amide bonds. The average Bonchev–Trinajstić information content (AvgIpc) is 3.11. The number of likely N-dealkylation sites (N-methyl/N-ethyl adjacent to an activating group) is 1. The fraction of sp³-hybridized carbons (Fsp3) is 0.500. The Hall–Kier alpha value is -1.68. The van der Waals surface area contributed by atoms with Crippen molar-refractivity contribution in [3.63, 3.8) is 0 Å². The summed E-state index contributed by atoms with van der Waals surface area (Å²) in [4.78, 5) is 4.55. The maximum atomic E-state index is 5.44. The van der Waals surface area contributed by atoms with Crippen molar-refractivity contribution >= 4 is 0 Å². The van der Waals surface area contributed by atoms with Crippen LogP contribution in [0, 0.1) is 6.92 Å². The van der Waals surface area contributed by atoms with Gasteiger partial charge < -0.3 is 9.84 Å². The van der Waals surface area contributed by atoms with Gasteiger partial charge in [-0.15, -0.1) is 0 Å². The van der Waals surface area contributed by atoms with E-state index in [9.17, 15) is 0 Å². The van der Waals surface area contributed by atoms with Gasteiger partial charge in [-0.2, -0.15) is 4.98 Å². The minimum absolute atomic E-state index is 0.367. The number of benzene rings is 1. The van der Waals surface area contributed by atoms with Gasteiger partial charge in [-0.25, -0.2) is 0 Å². The molecule has 1 fully saturated rings. The monoisotopic (exact) mass is 271 g/mol. The predicted octanol–water partition coefficient (Wildman–Crippen LogP) is 2.80. The van der Waals surface area contributed by atoms with Gasteiger partial charge in [0.2, 0.25) is 5.89 Å². The van der Waals surface area contributed by atoms with Crippen molar-refractivity contribution in [2.24, 2.45) is 0 Å². The molecule has 1 aliphatic carbocycles. The first-order chi connectivity index (χ1) is 9.69. The maximum Gasteiger partial charge on any atom is 0.230 e. The lowest BCUT2D eigenvalue weighted by atomic mass is 10.0. The molecule has 3 atom stereocenters. The number of hydrogen-bond donors (Lipinski definition) is 1. The van der Waals surface area contributed by atoms with Crippen LogP contribution in [0.5, 0.6) is 0 Å². The minimum Gasteiger partial charge on any atom is -0.339 e. The Bertz CT molecular complexity index is 593. The molecule has 2 aromatic rings. The molecule has 0 saturated heterocycles. The predicted molar refractivity (Wildman–Crippen MR) is 77.8 cm³/mol. The molecule has 20 heavy (non-hydrogen) atoms. The molecule has 4 nitrogen and oxygen atoms in total. The maximum absolute atomic E-state index is 5.44. The Morgan fingerprint density at radius 2 is 2.15 bits per heavy atom. The largest absolute Gasteiger partial charge is 0.339 e. The summed E-state index contributed by atoms with van der Waals surface area (Å²) >= 11 is 0.